The maximum absolute atomic E-state index is 5.84. The van der Waals surface area contributed by atoms with Crippen LogP contribution in [0.2, 0.25) is 0 Å². The van der Waals surface area contributed by atoms with Crippen LogP contribution in [0.25, 0.3) is 0 Å². The highest BCUT2D eigenvalue weighted by Gasteiger charge is 2.22. The third-order valence-corrected chi connectivity index (χ3v) is 3.21. The highest BCUT2D eigenvalue weighted by atomic mass is 32.2. The maximum Gasteiger partial charge on any atom is 0.0251 e. The Bertz CT molecular complexity index is 81.0. The highest BCUT2D eigenvalue weighted by molar-refractivity contribution is 8.00. The van der Waals surface area contributed by atoms with Crippen molar-refractivity contribution in [2.75, 3.05) is 6.26 Å². The minimum absolute atomic E-state index is 0.245. The summed E-state index contributed by atoms with van der Waals surface area (Å²) >= 11 is 1.83. The molecule has 0 aliphatic rings. The average molecular weight is 147 g/mol. The van der Waals surface area contributed by atoms with Crippen molar-refractivity contribution in [1.29, 1.82) is 0 Å². The minimum atomic E-state index is 0.245. The molecule has 0 fully saturated rings. The first-order valence-electron chi connectivity index (χ1n) is 3.35. The number of thioether (sulfide) groups is 1. The Labute approximate surface area is 62.4 Å². The second-order valence-electron chi connectivity index (χ2n) is 2.82. The molecule has 0 radical (unpaired) electrons. The molecule has 0 aromatic heterocycles. The first-order valence-corrected chi connectivity index (χ1v) is 4.57. The molecule has 56 valence electrons. The van der Waals surface area contributed by atoms with Gasteiger partial charge >= 0.3 is 0 Å². The van der Waals surface area contributed by atoms with Crippen molar-refractivity contribution in [3.63, 3.8) is 0 Å². The fourth-order valence-electron chi connectivity index (χ4n) is 0.643. The van der Waals surface area contributed by atoms with Crippen LogP contribution in [0.1, 0.15) is 27.2 Å². The van der Waals surface area contributed by atoms with Gasteiger partial charge in [0.25, 0.3) is 0 Å². The minimum Gasteiger partial charge on any atom is -0.326 e. The van der Waals surface area contributed by atoms with Crippen molar-refractivity contribution in [2.24, 2.45) is 5.73 Å². The summed E-state index contributed by atoms with van der Waals surface area (Å²) < 4.78 is 0.245. The van der Waals surface area contributed by atoms with Crippen molar-refractivity contribution < 1.29 is 0 Å². The van der Waals surface area contributed by atoms with Crippen LogP contribution in [-0.4, -0.2) is 17.0 Å². The lowest BCUT2D eigenvalue weighted by molar-refractivity contribution is 0.524. The number of nitrogens with two attached hydrogens (primary N) is 1. The van der Waals surface area contributed by atoms with Crippen LogP contribution in [-0.2, 0) is 0 Å². The molecule has 0 spiro atoms. The summed E-state index contributed by atoms with van der Waals surface area (Å²) in [6, 6.07) is 0.326. The third kappa shape index (κ3) is 2.59. The summed E-state index contributed by atoms with van der Waals surface area (Å²) in [6.07, 6.45) is 3.17. The van der Waals surface area contributed by atoms with E-state index >= 15 is 0 Å². The Morgan fingerprint density at radius 2 is 2.00 bits per heavy atom. The van der Waals surface area contributed by atoms with Crippen LogP contribution in [0.15, 0.2) is 0 Å². The SMILES string of the molecule is CCC(N)C(C)(C)SC. The maximum atomic E-state index is 5.84. The predicted octanol–water partition coefficient (Wildman–Crippen LogP) is 1.87. The van der Waals surface area contributed by atoms with Crippen molar-refractivity contribution in [3.05, 3.63) is 0 Å². The van der Waals surface area contributed by atoms with Gasteiger partial charge in [-0.15, -0.1) is 0 Å². The zero-order chi connectivity index (χ0) is 7.49. The van der Waals surface area contributed by atoms with Crippen molar-refractivity contribution in [3.8, 4) is 0 Å². The van der Waals surface area contributed by atoms with E-state index < -0.39 is 0 Å². The molecule has 9 heavy (non-hydrogen) atoms. The summed E-state index contributed by atoms with van der Waals surface area (Å²) in [4.78, 5) is 0. The van der Waals surface area contributed by atoms with E-state index in [-0.39, 0.29) is 4.75 Å². The largest absolute Gasteiger partial charge is 0.326 e. The standard InChI is InChI=1S/C7H17NS/c1-5-6(8)7(2,3)9-4/h6H,5,8H2,1-4H3. The molecule has 0 aliphatic carbocycles. The first kappa shape index (κ1) is 9.31. The molecule has 2 heteroatoms. The van der Waals surface area contributed by atoms with Gasteiger partial charge < -0.3 is 5.73 Å². The molecule has 0 bridgehead atoms. The van der Waals surface area contributed by atoms with Gasteiger partial charge in [-0.2, -0.15) is 11.8 Å². The molecule has 1 atom stereocenters. The third-order valence-electron chi connectivity index (χ3n) is 1.86. The van der Waals surface area contributed by atoms with Gasteiger partial charge in [-0.25, -0.2) is 0 Å². The van der Waals surface area contributed by atoms with E-state index in [1.165, 1.54) is 0 Å². The van der Waals surface area contributed by atoms with Crippen LogP contribution in [0.5, 0.6) is 0 Å². The van der Waals surface area contributed by atoms with E-state index in [1.807, 2.05) is 11.8 Å². The van der Waals surface area contributed by atoms with Crippen molar-refractivity contribution in [2.45, 2.75) is 38.0 Å². The molecular weight excluding hydrogens is 130 g/mol. The summed E-state index contributed by atoms with van der Waals surface area (Å²) in [5.41, 5.74) is 5.84. The number of rotatable bonds is 3. The van der Waals surface area contributed by atoms with Crippen LogP contribution >= 0.6 is 11.8 Å². The molecule has 0 heterocycles. The Hall–Kier alpha value is 0.310. The van der Waals surface area contributed by atoms with Crippen LogP contribution in [0.3, 0.4) is 0 Å². The zero-order valence-electron chi connectivity index (χ0n) is 6.77. The van der Waals surface area contributed by atoms with Gasteiger partial charge in [0.05, 0.1) is 0 Å². The number of hydrogen-bond acceptors (Lipinski definition) is 2. The van der Waals surface area contributed by atoms with Crippen LogP contribution in [0.4, 0.5) is 0 Å². The average Bonchev–Trinajstić information content (AvgIpc) is 1.86. The highest BCUT2D eigenvalue weighted by Crippen LogP contribution is 2.25. The van der Waals surface area contributed by atoms with E-state index in [0.29, 0.717) is 6.04 Å². The summed E-state index contributed by atoms with van der Waals surface area (Å²) in [5.74, 6) is 0. The molecule has 0 saturated carbocycles. The number of hydrogen-bond donors (Lipinski definition) is 1. The second kappa shape index (κ2) is 3.47. The molecule has 0 aromatic rings. The molecule has 2 N–H and O–H groups in total. The molecule has 0 saturated heterocycles. The summed E-state index contributed by atoms with van der Waals surface area (Å²) in [7, 11) is 0. The van der Waals surface area contributed by atoms with Crippen LogP contribution in [0, 0.1) is 0 Å². The van der Waals surface area contributed by atoms with Gasteiger partial charge in [-0.05, 0) is 26.5 Å². The van der Waals surface area contributed by atoms with Crippen molar-refractivity contribution >= 4 is 11.8 Å². The Balaban J connectivity index is 3.80. The molecule has 0 rings (SSSR count). The lowest BCUT2D eigenvalue weighted by Crippen LogP contribution is -2.39. The first-order chi connectivity index (χ1) is 4.04. The Kier molecular flexibility index (Phi) is 3.59. The normalized spacial score (nSPS) is 15.7. The summed E-state index contributed by atoms with van der Waals surface area (Å²) in [6.45, 7) is 6.50. The molecule has 0 aromatic carbocycles. The molecule has 0 aliphatic heterocycles. The second-order valence-corrected chi connectivity index (χ2v) is 4.28. The van der Waals surface area contributed by atoms with Gasteiger partial charge in [0, 0.05) is 10.8 Å². The smallest absolute Gasteiger partial charge is 0.0251 e. The van der Waals surface area contributed by atoms with E-state index in [4.69, 9.17) is 5.73 Å². The van der Waals surface area contributed by atoms with Gasteiger partial charge in [-0.3, -0.25) is 0 Å². The lowest BCUT2D eigenvalue weighted by Gasteiger charge is -2.28. The van der Waals surface area contributed by atoms with Gasteiger partial charge in [-0.1, -0.05) is 6.92 Å². The fraction of sp³-hybridized carbons (Fsp3) is 1.00. The zero-order valence-corrected chi connectivity index (χ0v) is 7.59. The monoisotopic (exact) mass is 147 g/mol. The van der Waals surface area contributed by atoms with Gasteiger partial charge in [0.1, 0.15) is 0 Å². The molecule has 1 unspecified atom stereocenters. The van der Waals surface area contributed by atoms with Crippen LogP contribution < -0.4 is 5.73 Å². The fourth-order valence-corrected chi connectivity index (χ4v) is 1.11. The van der Waals surface area contributed by atoms with E-state index in [2.05, 4.69) is 27.0 Å². The predicted molar refractivity (Wildman–Crippen MR) is 45.9 cm³/mol. The van der Waals surface area contributed by atoms with Crippen molar-refractivity contribution in [1.82, 2.24) is 0 Å². The van der Waals surface area contributed by atoms with E-state index in [0.717, 1.165) is 6.42 Å². The van der Waals surface area contributed by atoms with E-state index in [1.54, 1.807) is 0 Å². The summed E-state index contributed by atoms with van der Waals surface area (Å²) in [5, 5.41) is 0. The topological polar surface area (TPSA) is 26.0 Å². The van der Waals surface area contributed by atoms with Gasteiger partial charge in [0.15, 0.2) is 0 Å². The molecular formula is C7H17NS. The Morgan fingerprint density at radius 1 is 1.56 bits per heavy atom. The van der Waals surface area contributed by atoms with Gasteiger partial charge in [0.2, 0.25) is 0 Å². The quantitative estimate of drug-likeness (QED) is 0.659. The molecule has 0 amide bonds. The van der Waals surface area contributed by atoms with E-state index in [9.17, 15) is 0 Å². The lowest BCUT2D eigenvalue weighted by atomic mass is 10.0. The molecule has 1 nitrogen and oxygen atoms in total. The Morgan fingerprint density at radius 3 is 2.11 bits per heavy atom.